The fourth-order valence-electron chi connectivity index (χ4n) is 2.99. The van der Waals surface area contributed by atoms with Crippen molar-refractivity contribution in [1.82, 2.24) is 30.0 Å². The van der Waals surface area contributed by atoms with E-state index in [1.54, 1.807) is 12.1 Å². The number of carbonyl (C=O) groups is 1. The van der Waals surface area contributed by atoms with Crippen molar-refractivity contribution in [3.8, 4) is 23.0 Å². The van der Waals surface area contributed by atoms with Gasteiger partial charge in [0.1, 0.15) is 17.6 Å². The number of amides is 1. The summed E-state index contributed by atoms with van der Waals surface area (Å²) in [6, 6.07) is 9.56. The highest BCUT2D eigenvalue weighted by molar-refractivity contribution is 5.92. The Morgan fingerprint density at radius 1 is 1.12 bits per heavy atom. The van der Waals surface area contributed by atoms with Crippen LogP contribution in [0.25, 0.3) is 16.9 Å². The van der Waals surface area contributed by atoms with Crippen LogP contribution in [0.3, 0.4) is 0 Å². The van der Waals surface area contributed by atoms with Crippen LogP contribution in [-0.2, 0) is 12.7 Å². The lowest BCUT2D eigenvalue weighted by Gasteiger charge is -2.09. The molecule has 0 aliphatic rings. The number of hydrogen-bond acceptors (Lipinski definition) is 6. The summed E-state index contributed by atoms with van der Waals surface area (Å²) in [5.74, 6) is -1.20. The van der Waals surface area contributed by atoms with Gasteiger partial charge in [-0.2, -0.15) is 23.5 Å². The maximum Gasteiger partial charge on any atom is 0.419 e. The highest BCUT2D eigenvalue weighted by Gasteiger charge is 2.35. The maximum absolute atomic E-state index is 14.5. The Bertz CT molecular complexity index is 1390. The summed E-state index contributed by atoms with van der Waals surface area (Å²) < 4.78 is 55.4. The molecule has 0 aliphatic carbocycles. The molecule has 0 aliphatic heterocycles. The van der Waals surface area contributed by atoms with E-state index in [1.807, 2.05) is 0 Å². The van der Waals surface area contributed by atoms with Crippen molar-refractivity contribution in [3.63, 3.8) is 0 Å². The quantitative estimate of drug-likeness (QED) is 0.449. The number of halogens is 4. The van der Waals surface area contributed by atoms with E-state index in [4.69, 9.17) is 5.26 Å². The average molecular weight is 467 g/mol. The minimum Gasteiger partial charge on any atom is -0.345 e. The molecule has 12 heteroatoms. The molecular weight excluding hydrogens is 454 g/mol. The molecule has 4 aromatic heterocycles. The molecule has 170 valence electrons. The van der Waals surface area contributed by atoms with Crippen LogP contribution < -0.4 is 5.32 Å². The Morgan fingerprint density at radius 3 is 2.62 bits per heavy atom. The van der Waals surface area contributed by atoms with Crippen LogP contribution in [0.5, 0.6) is 0 Å². The van der Waals surface area contributed by atoms with E-state index in [0.717, 1.165) is 18.3 Å². The van der Waals surface area contributed by atoms with Crippen LogP contribution >= 0.6 is 0 Å². The van der Waals surface area contributed by atoms with Gasteiger partial charge in [-0.05, 0) is 24.3 Å². The fourth-order valence-corrected chi connectivity index (χ4v) is 2.99. The second-order valence-electron chi connectivity index (χ2n) is 6.89. The third-order valence-corrected chi connectivity index (χ3v) is 4.67. The molecule has 0 saturated carbocycles. The third-order valence-electron chi connectivity index (χ3n) is 4.67. The first kappa shape index (κ1) is 22.5. The first-order chi connectivity index (χ1) is 16.3. The van der Waals surface area contributed by atoms with Crippen LogP contribution in [0.4, 0.5) is 17.6 Å². The highest BCUT2D eigenvalue weighted by atomic mass is 19.4. The minimum atomic E-state index is -4.76. The number of alkyl halides is 3. The second kappa shape index (κ2) is 9.07. The lowest BCUT2D eigenvalue weighted by atomic mass is 10.1. The summed E-state index contributed by atoms with van der Waals surface area (Å²) >= 11 is 0. The molecular formula is C22H13F4N7O. The van der Waals surface area contributed by atoms with Gasteiger partial charge < -0.3 is 5.32 Å². The number of nitrogens with zero attached hydrogens (tertiary/aromatic N) is 6. The molecule has 4 rings (SSSR count). The summed E-state index contributed by atoms with van der Waals surface area (Å²) in [5, 5.41) is 15.5. The average Bonchev–Trinajstić information content (AvgIpc) is 3.33. The normalized spacial score (nSPS) is 11.1. The second-order valence-corrected chi connectivity index (χ2v) is 6.89. The van der Waals surface area contributed by atoms with Gasteiger partial charge in [-0.15, -0.1) is 0 Å². The summed E-state index contributed by atoms with van der Waals surface area (Å²) in [6.07, 6.45) is 0.525. The zero-order valence-corrected chi connectivity index (χ0v) is 17.1. The molecule has 0 unspecified atom stereocenters. The maximum atomic E-state index is 14.5. The molecule has 1 amide bonds. The number of nitriles is 1. The first-order valence-electron chi connectivity index (χ1n) is 9.63. The molecule has 4 heterocycles. The van der Waals surface area contributed by atoms with E-state index in [2.05, 4.69) is 25.4 Å². The molecule has 0 fully saturated rings. The molecule has 8 nitrogen and oxygen atoms in total. The van der Waals surface area contributed by atoms with Crippen molar-refractivity contribution in [3.05, 3.63) is 89.6 Å². The van der Waals surface area contributed by atoms with Gasteiger partial charge in [0, 0.05) is 30.2 Å². The molecule has 0 spiro atoms. The van der Waals surface area contributed by atoms with Gasteiger partial charge in [-0.25, -0.2) is 14.1 Å². The van der Waals surface area contributed by atoms with Crippen LogP contribution in [0.1, 0.15) is 27.4 Å². The lowest BCUT2D eigenvalue weighted by molar-refractivity contribution is -0.138. The number of nitrogens with one attached hydrogen (secondary N) is 1. The number of aromatic nitrogens is 5. The van der Waals surface area contributed by atoms with E-state index >= 15 is 0 Å². The predicted octanol–water partition coefficient (Wildman–Crippen LogP) is 3.68. The minimum absolute atomic E-state index is 0.0217. The molecule has 34 heavy (non-hydrogen) atoms. The van der Waals surface area contributed by atoms with E-state index in [1.165, 1.54) is 41.5 Å². The van der Waals surface area contributed by atoms with Crippen LogP contribution in [0.2, 0.25) is 0 Å². The van der Waals surface area contributed by atoms with Crippen molar-refractivity contribution in [2.75, 3.05) is 0 Å². The molecule has 0 radical (unpaired) electrons. The van der Waals surface area contributed by atoms with Gasteiger partial charge in [0.25, 0.3) is 5.91 Å². The number of rotatable bonds is 5. The third kappa shape index (κ3) is 4.73. The van der Waals surface area contributed by atoms with Gasteiger partial charge in [0.15, 0.2) is 5.69 Å². The van der Waals surface area contributed by atoms with Crippen molar-refractivity contribution in [1.29, 1.82) is 5.26 Å². The Morgan fingerprint density at radius 2 is 1.94 bits per heavy atom. The SMILES string of the molecule is N#Cc1ncc(-c2ccn(-c3cnc(CNC(=O)c4ccccn4)c(F)c3)n2)cc1C(F)(F)F. The highest BCUT2D eigenvalue weighted by Crippen LogP contribution is 2.33. The standard InChI is InChI=1S/C22H13F4N7O/c23-16-8-14(11-30-20(16)12-31-21(34)18-3-1-2-5-28-18)33-6-4-17(32-33)13-7-15(22(24,25)26)19(9-27)29-10-13/h1-8,10-11H,12H2,(H,31,34). The Balaban J connectivity index is 1.52. The number of carbonyl (C=O) groups excluding carboxylic acids is 1. The Labute approximate surface area is 189 Å². The summed E-state index contributed by atoms with van der Waals surface area (Å²) in [6.45, 7) is -0.178. The largest absolute Gasteiger partial charge is 0.419 e. The molecule has 0 bridgehead atoms. The number of hydrogen-bond donors (Lipinski definition) is 1. The molecule has 4 aromatic rings. The fraction of sp³-hybridized carbons (Fsp3) is 0.0909. The van der Waals surface area contributed by atoms with E-state index in [-0.39, 0.29) is 34.9 Å². The van der Waals surface area contributed by atoms with E-state index in [9.17, 15) is 22.4 Å². The molecule has 1 N–H and O–H groups in total. The summed E-state index contributed by atoms with van der Waals surface area (Å²) in [7, 11) is 0. The van der Waals surface area contributed by atoms with Gasteiger partial charge >= 0.3 is 6.18 Å². The Kier molecular flexibility index (Phi) is 6.01. The van der Waals surface area contributed by atoms with Gasteiger partial charge in [0.05, 0.1) is 35.4 Å². The topological polar surface area (TPSA) is 109 Å². The lowest BCUT2D eigenvalue weighted by Crippen LogP contribution is -2.24. The smallest absolute Gasteiger partial charge is 0.345 e. The summed E-state index contributed by atoms with van der Waals surface area (Å²) in [4.78, 5) is 23.5. The van der Waals surface area contributed by atoms with Crippen LogP contribution in [-0.4, -0.2) is 30.6 Å². The van der Waals surface area contributed by atoms with Crippen molar-refractivity contribution in [2.24, 2.45) is 0 Å². The van der Waals surface area contributed by atoms with E-state index < -0.39 is 29.2 Å². The zero-order chi connectivity index (χ0) is 24.3. The van der Waals surface area contributed by atoms with E-state index in [0.29, 0.717) is 0 Å². The molecule has 0 saturated heterocycles. The Hall–Kier alpha value is -4.66. The van der Waals surface area contributed by atoms with Crippen molar-refractivity contribution < 1.29 is 22.4 Å². The first-order valence-corrected chi connectivity index (χ1v) is 9.63. The predicted molar refractivity (Wildman–Crippen MR) is 110 cm³/mol. The number of pyridine rings is 3. The zero-order valence-electron chi connectivity index (χ0n) is 17.1. The van der Waals surface area contributed by atoms with Gasteiger partial charge in [0.2, 0.25) is 0 Å². The monoisotopic (exact) mass is 467 g/mol. The molecule has 0 aromatic carbocycles. The van der Waals surface area contributed by atoms with Crippen molar-refractivity contribution in [2.45, 2.75) is 12.7 Å². The van der Waals surface area contributed by atoms with Gasteiger partial charge in [-0.3, -0.25) is 14.8 Å². The van der Waals surface area contributed by atoms with Crippen LogP contribution in [0.15, 0.2) is 61.2 Å². The molecule has 0 atom stereocenters. The summed E-state index contributed by atoms with van der Waals surface area (Å²) in [5.41, 5.74) is -1.39. The van der Waals surface area contributed by atoms with Crippen molar-refractivity contribution >= 4 is 5.91 Å². The van der Waals surface area contributed by atoms with Crippen LogP contribution in [0, 0.1) is 17.1 Å². The van der Waals surface area contributed by atoms with Gasteiger partial charge in [-0.1, -0.05) is 6.07 Å².